The van der Waals surface area contributed by atoms with Crippen molar-refractivity contribution in [1.82, 2.24) is 5.32 Å². The molecular formula is C20H25N3OS. The minimum Gasteiger partial charge on any atom is -0.372 e. The highest BCUT2D eigenvalue weighted by Crippen LogP contribution is 2.22. The minimum absolute atomic E-state index is 0.124. The van der Waals surface area contributed by atoms with Crippen LogP contribution in [0.3, 0.4) is 0 Å². The summed E-state index contributed by atoms with van der Waals surface area (Å²) in [6.45, 7) is 8.25. The lowest BCUT2D eigenvalue weighted by molar-refractivity contribution is -0.119. The fourth-order valence-corrected chi connectivity index (χ4v) is 2.90. The molecule has 0 heterocycles. The lowest BCUT2D eigenvalue weighted by Crippen LogP contribution is -2.35. The first-order chi connectivity index (χ1) is 12.0. The van der Waals surface area contributed by atoms with Crippen LogP contribution in [0.25, 0.3) is 0 Å². The maximum absolute atomic E-state index is 12.1. The SMILES string of the molecule is CCN(CC)c1ccc(NC(=S)NC(=O)Cc2ccccc2)c(C)c1. The van der Waals surface area contributed by atoms with Gasteiger partial charge in [0.1, 0.15) is 0 Å². The normalized spacial score (nSPS) is 10.2. The molecule has 2 aromatic rings. The Bertz CT molecular complexity index is 727. The third kappa shape index (κ3) is 5.57. The number of nitrogens with one attached hydrogen (secondary N) is 2. The molecule has 2 N–H and O–H groups in total. The lowest BCUT2D eigenvalue weighted by Gasteiger charge is -2.22. The Kier molecular flexibility index (Phi) is 6.95. The second-order valence-corrected chi connectivity index (χ2v) is 6.24. The summed E-state index contributed by atoms with van der Waals surface area (Å²) in [5.41, 5.74) is 4.14. The zero-order valence-electron chi connectivity index (χ0n) is 15.0. The minimum atomic E-state index is -0.124. The molecule has 0 bridgehead atoms. The van der Waals surface area contributed by atoms with Gasteiger partial charge in [0.25, 0.3) is 0 Å². The van der Waals surface area contributed by atoms with Gasteiger partial charge in [-0.05, 0) is 62.3 Å². The van der Waals surface area contributed by atoms with Gasteiger partial charge in [-0.15, -0.1) is 0 Å². The quantitative estimate of drug-likeness (QED) is 0.772. The van der Waals surface area contributed by atoms with Crippen LogP contribution in [-0.4, -0.2) is 24.1 Å². The third-order valence-corrected chi connectivity index (χ3v) is 4.25. The molecule has 0 fully saturated rings. The van der Waals surface area contributed by atoms with E-state index in [0.29, 0.717) is 11.5 Å². The van der Waals surface area contributed by atoms with E-state index in [1.807, 2.05) is 43.3 Å². The molecular weight excluding hydrogens is 330 g/mol. The zero-order chi connectivity index (χ0) is 18.2. The topological polar surface area (TPSA) is 44.4 Å². The van der Waals surface area contributed by atoms with Gasteiger partial charge in [0, 0.05) is 24.5 Å². The summed E-state index contributed by atoms with van der Waals surface area (Å²) in [5, 5.41) is 6.16. The Morgan fingerprint density at radius 3 is 2.36 bits per heavy atom. The van der Waals surface area contributed by atoms with Crippen LogP contribution in [0.5, 0.6) is 0 Å². The van der Waals surface area contributed by atoms with E-state index >= 15 is 0 Å². The van der Waals surface area contributed by atoms with Crippen molar-refractivity contribution in [3.63, 3.8) is 0 Å². The molecule has 0 aliphatic carbocycles. The van der Waals surface area contributed by atoms with Crippen molar-refractivity contribution in [1.29, 1.82) is 0 Å². The summed E-state index contributed by atoms with van der Waals surface area (Å²) < 4.78 is 0. The summed E-state index contributed by atoms with van der Waals surface area (Å²) in [6.07, 6.45) is 0.308. The molecule has 0 saturated carbocycles. The number of amides is 1. The predicted octanol–water partition coefficient (Wildman–Crippen LogP) is 3.90. The monoisotopic (exact) mass is 355 g/mol. The number of nitrogens with zero attached hydrogens (tertiary/aromatic N) is 1. The molecule has 2 aromatic carbocycles. The van der Waals surface area contributed by atoms with Gasteiger partial charge in [0.2, 0.25) is 5.91 Å². The van der Waals surface area contributed by atoms with Crippen LogP contribution >= 0.6 is 12.2 Å². The maximum atomic E-state index is 12.1. The first kappa shape index (κ1) is 18.9. The van der Waals surface area contributed by atoms with Gasteiger partial charge in [-0.1, -0.05) is 30.3 Å². The second-order valence-electron chi connectivity index (χ2n) is 5.84. The first-order valence-corrected chi connectivity index (χ1v) is 8.94. The smallest absolute Gasteiger partial charge is 0.230 e. The van der Waals surface area contributed by atoms with Crippen molar-refractivity contribution in [3.05, 3.63) is 59.7 Å². The molecule has 5 heteroatoms. The molecule has 0 saturated heterocycles. The highest BCUT2D eigenvalue weighted by Gasteiger charge is 2.09. The Balaban J connectivity index is 1.95. The predicted molar refractivity (Wildman–Crippen MR) is 109 cm³/mol. The van der Waals surface area contributed by atoms with E-state index < -0.39 is 0 Å². The van der Waals surface area contributed by atoms with Crippen molar-refractivity contribution in [2.45, 2.75) is 27.2 Å². The average Bonchev–Trinajstić information content (AvgIpc) is 2.59. The van der Waals surface area contributed by atoms with Gasteiger partial charge in [-0.25, -0.2) is 0 Å². The van der Waals surface area contributed by atoms with Crippen LogP contribution in [0.4, 0.5) is 11.4 Å². The number of hydrogen-bond acceptors (Lipinski definition) is 3. The van der Waals surface area contributed by atoms with Gasteiger partial charge in [0.05, 0.1) is 6.42 Å². The molecule has 4 nitrogen and oxygen atoms in total. The van der Waals surface area contributed by atoms with E-state index in [0.717, 1.165) is 29.9 Å². The van der Waals surface area contributed by atoms with E-state index in [9.17, 15) is 4.79 Å². The van der Waals surface area contributed by atoms with E-state index in [4.69, 9.17) is 12.2 Å². The average molecular weight is 356 g/mol. The number of carbonyl (C=O) groups is 1. The number of hydrogen-bond donors (Lipinski definition) is 2. The van der Waals surface area contributed by atoms with Crippen LogP contribution in [-0.2, 0) is 11.2 Å². The largest absolute Gasteiger partial charge is 0.372 e. The van der Waals surface area contributed by atoms with Gasteiger partial charge < -0.3 is 15.5 Å². The molecule has 0 aromatic heterocycles. The van der Waals surface area contributed by atoms with Crippen LogP contribution in [0, 0.1) is 6.92 Å². The van der Waals surface area contributed by atoms with E-state index in [-0.39, 0.29) is 5.91 Å². The number of thiocarbonyl (C=S) groups is 1. The van der Waals surface area contributed by atoms with E-state index in [1.54, 1.807) is 0 Å². The fraction of sp³-hybridized carbons (Fsp3) is 0.300. The summed E-state index contributed by atoms with van der Waals surface area (Å²) in [7, 11) is 0. The maximum Gasteiger partial charge on any atom is 0.230 e. The molecule has 0 aliphatic rings. The summed E-state index contributed by atoms with van der Waals surface area (Å²) >= 11 is 5.26. The van der Waals surface area contributed by atoms with Gasteiger partial charge in [-0.2, -0.15) is 0 Å². The number of aryl methyl sites for hydroxylation is 1. The molecule has 0 radical (unpaired) electrons. The summed E-state index contributed by atoms with van der Waals surface area (Å²) in [4.78, 5) is 14.4. The molecule has 0 aliphatic heterocycles. The molecule has 25 heavy (non-hydrogen) atoms. The van der Waals surface area contributed by atoms with Crippen molar-refractivity contribution >= 4 is 34.6 Å². The zero-order valence-corrected chi connectivity index (χ0v) is 15.8. The van der Waals surface area contributed by atoms with Crippen molar-refractivity contribution in [2.24, 2.45) is 0 Å². The number of anilines is 2. The van der Waals surface area contributed by atoms with Gasteiger partial charge >= 0.3 is 0 Å². The third-order valence-electron chi connectivity index (χ3n) is 4.05. The van der Waals surface area contributed by atoms with Crippen LogP contribution in [0.2, 0.25) is 0 Å². The number of rotatable bonds is 6. The van der Waals surface area contributed by atoms with Crippen LogP contribution in [0.15, 0.2) is 48.5 Å². The highest BCUT2D eigenvalue weighted by molar-refractivity contribution is 7.80. The molecule has 0 atom stereocenters. The molecule has 0 spiro atoms. The molecule has 132 valence electrons. The lowest BCUT2D eigenvalue weighted by atomic mass is 10.1. The van der Waals surface area contributed by atoms with Crippen molar-refractivity contribution in [3.8, 4) is 0 Å². The summed E-state index contributed by atoms with van der Waals surface area (Å²) in [5.74, 6) is -0.124. The molecule has 1 amide bonds. The summed E-state index contributed by atoms with van der Waals surface area (Å²) in [6, 6.07) is 15.8. The van der Waals surface area contributed by atoms with E-state index in [2.05, 4.69) is 41.5 Å². The van der Waals surface area contributed by atoms with Gasteiger partial charge in [0.15, 0.2) is 5.11 Å². The Morgan fingerprint density at radius 1 is 1.08 bits per heavy atom. The van der Waals surface area contributed by atoms with Crippen LogP contribution < -0.4 is 15.5 Å². The first-order valence-electron chi connectivity index (χ1n) is 8.53. The van der Waals surface area contributed by atoms with Gasteiger partial charge in [-0.3, -0.25) is 4.79 Å². The van der Waals surface area contributed by atoms with E-state index in [1.165, 1.54) is 5.69 Å². The standard InChI is InChI=1S/C20H25N3OS/c1-4-23(5-2)17-11-12-18(15(3)13-17)21-20(25)22-19(24)14-16-9-7-6-8-10-16/h6-13H,4-5,14H2,1-3H3,(H2,21,22,24,25). The fourth-order valence-electron chi connectivity index (χ4n) is 2.68. The molecule has 2 rings (SSSR count). The Labute approximate surface area is 155 Å². The van der Waals surface area contributed by atoms with Crippen LogP contribution in [0.1, 0.15) is 25.0 Å². The number of carbonyl (C=O) groups excluding carboxylic acids is 1. The molecule has 0 unspecified atom stereocenters. The highest BCUT2D eigenvalue weighted by atomic mass is 32.1. The van der Waals surface area contributed by atoms with Crippen molar-refractivity contribution in [2.75, 3.05) is 23.3 Å². The Hall–Kier alpha value is -2.40. The Morgan fingerprint density at radius 2 is 1.76 bits per heavy atom. The second kappa shape index (κ2) is 9.18. The van der Waals surface area contributed by atoms with Crippen molar-refractivity contribution < 1.29 is 4.79 Å². The number of benzene rings is 2.